The number of nitrogens with one attached hydrogen (secondary N) is 2. The van der Waals surface area contributed by atoms with Gasteiger partial charge in [-0.15, -0.1) is 0 Å². The first-order valence-corrected chi connectivity index (χ1v) is 7.79. The second-order valence-corrected chi connectivity index (χ2v) is 6.11. The molecule has 0 aromatic heterocycles. The van der Waals surface area contributed by atoms with E-state index in [1.165, 1.54) is 6.42 Å². The molecule has 1 fully saturated rings. The van der Waals surface area contributed by atoms with Crippen molar-refractivity contribution in [1.82, 2.24) is 10.7 Å². The molecule has 2 rings (SSSR count). The molecule has 0 saturated heterocycles. The molecular weight excluding hydrogens is 286 g/mol. The topological polar surface area (TPSA) is 96.9 Å². The molecule has 0 radical (unpaired) electrons. The average molecular weight is 309 g/mol. The van der Waals surface area contributed by atoms with Gasteiger partial charge in [-0.05, 0) is 18.3 Å². The second kappa shape index (κ2) is 7.38. The summed E-state index contributed by atoms with van der Waals surface area (Å²) in [6.45, 7) is 4.02. The van der Waals surface area contributed by atoms with Crippen LogP contribution in [0.4, 0.5) is 0 Å². The van der Waals surface area contributed by atoms with Crippen LogP contribution in [0, 0.1) is 11.8 Å². The van der Waals surface area contributed by atoms with E-state index in [0.29, 0.717) is 11.8 Å². The van der Waals surface area contributed by atoms with Crippen molar-refractivity contribution in [2.24, 2.45) is 16.9 Å². The lowest BCUT2D eigenvalue weighted by Gasteiger charge is -2.34. The van der Waals surface area contributed by atoms with Crippen molar-refractivity contribution in [2.45, 2.75) is 52.0 Å². The van der Waals surface area contributed by atoms with Gasteiger partial charge in [-0.3, -0.25) is 9.59 Å². The van der Waals surface area contributed by atoms with Crippen molar-refractivity contribution in [1.29, 1.82) is 0 Å². The van der Waals surface area contributed by atoms with E-state index in [0.717, 1.165) is 12.8 Å². The van der Waals surface area contributed by atoms with Gasteiger partial charge in [-0.1, -0.05) is 26.7 Å². The fourth-order valence-corrected chi connectivity index (χ4v) is 2.87. The van der Waals surface area contributed by atoms with E-state index in [1.807, 2.05) is 0 Å². The summed E-state index contributed by atoms with van der Waals surface area (Å²) in [5.74, 6) is -0.164. The fraction of sp³-hybridized carbons (Fsp3) is 0.733. The Hall–Kier alpha value is -1.92. The highest BCUT2D eigenvalue weighted by Gasteiger charge is 2.28. The molecule has 2 aliphatic rings. The van der Waals surface area contributed by atoms with Gasteiger partial charge in [0, 0.05) is 18.9 Å². The third kappa shape index (κ3) is 4.29. The molecule has 0 aromatic carbocycles. The highest BCUT2D eigenvalue weighted by atomic mass is 16.5. The van der Waals surface area contributed by atoms with Crippen LogP contribution in [-0.2, 0) is 19.1 Å². The van der Waals surface area contributed by atoms with E-state index in [1.54, 1.807) is 0 Å². The van der Waals surface area contributed by atoms with Gasteiger partial charge in [-0.2, -0.15) is 5.10 Å². The van der Waals surface area contributed by atoms with Crippen molar-refractivity contribution in [2.75, 3.05) is 6.61 Å². The number of nitrogens with zero attached hydrogens (tertiary/aromatic N) is 1. The van der Waals surface area contributed by atoms with Crippen LogP contribution in [0.1, 0.15) is 46.0 Å². The minimum atomic E-state index is -0.653. The summed E-state index contributed by atoms with van der Waals surface area (Å²) < 4.78 is 4.95. The van der Waals surface area contributed by atoms with Gasteiger partial charge in [0.15, 0.2) is 6.61 Å². The molecule has 1 saturated carbocycles. The van der Waals surface area contributed by atoms with Crippen LogP contribution in [0.5, 0.6) is 0 Å². The highest BCUT2D eigenvalue weighted by Crippen LogP contribution is 2.29. The summed E-state index contributed by atoms with van der Waals surface area (Å²) in [5, 5.41) is 6.58. The Morgan fingerprint density at radius 2 is 2.09 bits per heavy atom. The van der Waals surface area contributed by atoms with Crippen molar-refractivity contribution in [3.8, 4) is 0 Å². The monoisotopic (exact) mass is 309 g/mol. The van der Waals surface area contributed by atoms with Crippen LogP contribution in [0.25, 0.3) is 0 Å². The minimum absolute atomic E-state index is 0.140. The Balaban J connectivity index is 1.75. The van der Waals surface area contributed by atoms with Crippen LogP contribution < -0.4 is 10.7 Å². The summed E-state index contributed by atoms with van der Waals surface area (Å²) in [5.41, 5.74) is 2.37. The predicted molar refractivity (Wildman–Crippen MR) is 79.9 cm³/mol. The molecule has 1 aliphatic heterocycles. The number of ether oxygens (including phenoxy) is 1. The van der Waals surface area contributed by atoms with Crippen LogP contribution in [0.15, 0.2) is 5.10 Å². The van der Waals surface area contributed by atoms with Crippen molar-refractivity contribution in [3.05, 3.63) is 0 Å². The lowest BCUT2D eigenvalue weighted by atomic mass is 9.78. The zero-order valence-electron chi connectivity index (χ0n) is 13.1. The maximum Gasteiger partial charge on any atom is 0.355 e. The number of carbonyl (C=O) groups excluding carboxylic acids is 3. The van der Waals surface area contributed by atoms with E-state index < -0.39 is 5.97 Å². The predicted octanol–water partition coefficient (Wildman–Crippen LogP) is 0.736. The molecule has 0 spiro atoms. The van der Waals surface area contributed by atoms with Gasteiger partial charge in [0.05, 0.1) is 0 Å². The summed E-state index contributed by atoms with van der Waals surface area (Å²) in [7, 11) is 0. The van der Waals surface area contributed by atoms with E-state index in [4.69, 9.17) is 4.74 Å². The highest BCUT2D eigenvalue weighted by molar-refractivity contribution is 6.37. The largest absolute Gasteiger partial charge is 0.451 e. The second-order valence-electron chi connectivity index (χ2n) is 6.11. The van der Waals surface area contributed by atoms with Gasteiger partial charge in [0.25, 0.3) is 5.91 Å². The Morgan fingerprint density at radius 3 is 2.77 bits per heavy atom. The van der Waals surface area contributed by atoms with Crippen molar-refractivity contribution >= 4 is 23.5 Å². The van der Waals surface area contributed by atoms with Crippen LogP contribution >= 0.6 is 0 Å². The molecule has 0 bridgehead atoms. The number of amides is 2. The van der Waals surface area contributed by atoms with E-state index in [2.05, 4.69) is 29.7 Å². The third-order valence-electron chi connectivity index (χ3n) is 4.53. The Morgan fingerprint density at radius 1 is 1.32 bits per heavy atom. The Bertz CT molecular complexity index is 489. The van der Waals surface area contributed by atoms with Crippen LogP contribution in [0.3, 0.4) is 0 Å². The molecule has 1 heterocycles. The molecule has 122 valence electrons. The minimum Gasteiger partial charge on any atom is -0.451 e. The van der Waals surface area contributed by atoms with Gasteiger partial charge in [-0.25, -0.2) is 10.2 Å². The van der Waals surface area contributed by atoms with Crippen molar-refractivity contribution in [3.63, 3.8) is 0 Å². The lowest BCUT2D eigenvalue weighted by molar-refractivity contribution is -0.142. The number of esters is 1. The molecule has 1 aliphatic carbocycles. The summed E-state index contributed by atoms with van der Waals surface area (Å²) >= 11 is 0. The normalized spacial score (nSPS) is 28.4. The number of hydrazone groups is 1. The van der Waals surface area contributed by atoms with Gasteiger partial charge >= 0.3 is 5.97 Å². The summed E-state index contributed by atoms with van der Waals surface area (Å²) in [6, 6.07) is 0.140. The van der Waals surface area contributed by atoms with E-state index in [9.17, 15) is 14.4 Å². The molecule has 22 heavy (non-hydrogen) atoms. The van der Waals surface area contributed by atoms with Gasteiger partial charge in [0.2, 0.25) is 5.91 Å². The zero-order valence-corrected chi connectivity index (χ0v) is 13.1. The Kier molecular flexibility index (Phi) is 5.51. The SMILES string of the molecule is CC1CCCC(NC(=O)COC(=O)C2=NNC(=O)CC2)C1C. The molecule has 3 atom stereocenters. The fourth-order valence-electron chi connectivity index (χ4n) is 2.87. The third-order valence-corrected chi connectivity index (χ3v) is 4.53. The molecule has 2 N–H and O–H groups in total. The molecule has 2 amide bonds. The molecule has 7 heteroatoms. The molecule has 7 nitrogen and oxygen atoms in total. The van der Waals surface area contributed by atoms with Crippen LogP contribution in [0.2, 0.25) is 0 Å². The number of carbonyl (C=O) groups is 3. The summed E-state index contributed by atoms with van der Waals surface area (Å²) in [4.78, 5) is 34.6. The molecule has 3 unspecified atom stereocenters. The summed E-state index contributed by atoms with van der Waals surface area (Å²) in [6.07, 6.45) is 3.70. The van der Waals surface area contributed by atoms with E-state index >= 15 is 0 Å². The first kappa shape index (κ1) is 16.5. The van der Waals surface area contributed by atoms with Gasteiger partial charge < -0.3 is 10.1 Å². The number of hydrogen-bond acceptors (Lipinski definition) is 5. The van der Waals surface area contributed by atoms with Crippen molar-refractivity contribution < 1.29 is 19.1 Å². The molecule has 0 aromatic rings. The average Bonchev–Trinajstić information content (AvgIpc) is 2.50. The number of hydrogen-bond donors (Lipinski definition) is 2. The van der Waals surface area contributed by atoms with E-state index in [-0.39, 0.29) is 43.0 Å². The standard InChI is InChI=1S/C15H23N3O4/c1-9-4-3-5-11(10(9)2)16-14(20)8-22-15(21)12-6-7-13(19)18-17-12/h9-11H,3-8H2,1-2H3,(H,16,20)(H,18,19). The zero-order chi connectivity index (χ0) is 16.1. The number of rotatable bonds is 4. The first-order chi connectivity index (χ1) is 10.5. The quantitative estimate of drug-likeness (QED) is 0.748. The maximum atomic E-state index is 11.9. The Labute approximate surface area is 129 Å². The molecular formula is C15H23N3O4. The van der Waals surface area contributed by atoms with Gasteiger partial charge in [0.1, 0.15) is 5.71 Å². The maximum absolute atomic E-state index is 11.9. The van der Waals surface area contributed by atoms with Crippen LogP contribution in [-0.4, -0.2) is 36.1 Å². The smallest absolute Gasteiger partial charge is 0.355 e. The lowest BCUT2D eigenvalue weighted by Crippen LogP contribution is -2.45. The first-order valence-electron chi connectivity index (χ1n) is 7.79.